The third-order valence-corrected chi connectivity index (χ3v) is 5.24. The molecule has 0 aliphatic rings. The number of ether oxygens (including phenoxy) is 1. The van der Waals surface area contributed by atoms with Gasteiger partial charge in [0.1, 0.15) is 11.4 Å². The van der Waals surface area contributed by atoms with Gasteiger partial charge in [0.15, 0.2) is 0 Å². The van der Waals surface area contributed by atoms with Gasteiger partial charge in [-0.1, -0.05) is 26.2 Å². The number of aliphatic hydroxyl groups excluding tert-OH is 1. The normalized spacial score (nSPS) is 13.5. The number of benzene rings is 1. The van der Waals surface area contributed by atoms with Crippen molar-refractivity contribution < 1.29 is 14.6 Å². The standard InChI is InChI=1S/C22H30N4O3/c1-3-4-5-6-9-29-16-7-8-17-18(12-24-19(17)11-16)21(27)10-15(2)26-13-20(22(23)28)25-14-26/h7-8,11-15,21,24,27H,3-6,9-10H2,1-2H3,(H2,23,28)/t15?,21-/m1/s1. The van der Waals surface area contributed by atoms with Gasteiger partial charge in [0, 0.05) is 41.0 Å². The number of fused-ring (bicyclic) bond motifs is 1. The lowest BCUT2D eigenvalue weighted by Crippen LogP contribution is -2.12. The Kier molecular flexibility index (Phi) is 6.93. The maximum Gasteiger partial charge on any atom is 0.268 e. The fourth-order valence-electron chi connectivity index (χ4n) is 3.49. The molecule has 7 nitrogen and oxygen atoms in total. The van der Waals surface area contributed by atoms with E-state index in [1.165, 1.54) is 19.3 Å². The van der Waals surface area contributed by atoms with Crippen LogP contribution in [0, 0.1) is 0 Å². The summed E-state index contributed by atoms with van der Waals surface area (Å²) in [6.07, 6.45) is 9.55. The van der Waals surface area contributed by atoms with Gasteiger partial charge < -0.3 is 25.1 Å². The molecule has 0 aliphatic carbocycles. The molecular formula is C22H30N4O3. The van der Waals surface area contributed by atoms with Crippen molar-refractivity contribution in [2.75, 3.05) is 6.61 Å². The fraction of sp³-hybridized carbons (Fsp3) is 0.455. The van der Waals surface area contributed by atoms with Crippen LogP contribution in [-0.4, -0.2) is 32.2 Å². The highest BCUT2D eigenvalue weighted by Gasteiger charge is 2.18. The van der Waals surface area contributed by atoms with E-state index in [9.17, 15) is 9.90 Å². The summed E-state index contributed by atoms with van der Waals surface area (Å²) in [6.45, 7) is 4.88. The van der Waals surface area contributed by atoms with Gasteiger partial charge in [-0.25, -0.2) is 4.98 Å². The summed E-state index contributed by atoms with van der Waals surface area (Å²) in [4.78, 5) is 18.4. The second kappa shape index (κ2) is 9.60. The molecule has 29 heavy (non-hydrogen) atoms. The zero-order valence-electron chi connectivity index (χ0n) is 17.1. The lowest BCUT2D eigenvalue weighted by atomic mass is 10.0. The number of nitrogens with two attached hydrogens (primary N) is 1. The van der Waals surface area contributed by atoms with E-state index < -0.39 is 12.0 Å². The number of nitrogens with zero attached hydrogens (tertiary/aromatic N) is 2. The highest BCUT2D eigenvalue weighted by Crippen LogP contribution is 2.31. The van der Waals surface area contributed by atoms with Crippen LogP contribution in [-0.2, 0) is 0 Å². The van der Waals surface area contributed by atoms with E-state index in [0.717, 1.165) is 35.2 Å². The molecule has 1 aromatic carbocycles. The first kappa shape index (κ1) is 20.9. The lowest BCUT2D eigenvalue weighted by Gasteiger charge is -2.17. The molecule has 3 rings (SSSR count). The molecule has 0 radical (unpaired) electrons. The lowest BCUT2D eigenvalue weighted by molar-refractivity contribution is 0.0996. The van der Waals surface area contributed by atoms with Gasteiger partial charge >= 0.3 is 0 Å². The van der Waals surface area contributed by atoms with Crippen molar-refractivity contribution in [3.63, 3.8) is 0 Å². The number of amides is 1. The summed E-state index contributed by atoms with van der Waals surface area (Å²) in [5.41, 5.74) is 7.26. The third kappa shape index (κ3) is 5.17. The molecule has 1 unspecified atom stereocenters. The van der Waals surface area contributed by atoms with Crippen molar-refractivity contribution in [3.05, 3.63) is 48.2 Å². The molecule has 0 fully saturated rings. The van der Waals surface area contributed by atoms with E-state index in [-0.39, 0.29) is 11.7 Å². The van der Waals surface area contributed by atoms with E-state index in [0.29, 0.717) is 6.42 Å². The Morgan fingerprint density at radius 2 is 2.17 bits per heavy atom. The summed E-state index contributed by atoms with van der Waals surface area (Å²) in [5.74, 6) is 0.277. The number of imidazole rings is 1. The molecule has 0 saturated heterocycles. The van der Waals surface area contributed by atoms with Gasteiger partial charge in [-0.15, -0.1) is 0 Å². The number of aromatic nitrogens is 3. The monoisotopic (exact) mass is 398 g/mol. The molecule has 7 heteroatoms. The Balaban J connectivity index is 1.63. The number of rotatable bonds is 11. The number of hydrogen-bond donors (Lipinski definition) is 3. The molecule has 156 valence electrons. The Morgan fingerprint density at radius 1 is 1.34 bits per heavy atom. The number of H-pyrrole nitrogens is 1. The quantitative estimate of drug-likeness (QED) is 0.423. The Hall–Kier alpha value is -2.80. The summed E-state index contributed by atoms with van der Waals surface area (Å²) in [5, 5.41) is 11.7. The molecule has 0 aliphatic heterocycles. The SMILES string of the molecule is CCCCCCOc1ccc2c([C@H](O)CC(C)n3cnc(C(N)=O)c3)c[nH]c2c1. The minimum absolute atomic E-state index is 0.0405. The van der Waals surface area contributed by atoms with Gasteiger partial charge in [0.2, 0.25) is 0 Å². The summed E-state index contributed by atoms with van der Waals surface area (Å²) in [6, 6.07) is 5.87. The topological polar surface area (TPSA) is 106 Å². The minimum atomic E-state index is -0.654. The van der Waals surface area contributed by atoms with E-state index in [2.05, 4.69) is 16.9 Å². The molecule has 3 aromatic rings. The average Bonchev–Trinajstić information content (AvgIpc) is 3.35. The van der Waals surface area contributed by atoms with Crippen molar-refractivity contribution in [3.8, 4) is 5.75 Å². The molecule has 0 bridgehead atoms. The van der Waals surface area contributed by atoms with Crippen LogP contribution < -0.4 is 10.5 Å². The molecule has 0 spiro atoms. The molecular weight excluding hydrogens is 368 g/mol. The Morgan fingerprint density at radius 3 is 2.90 bits per heavy atom. The molecule has 2 aromatic heterocycles. The number of aliphatic hydroxyl groups is 1. The van der Waals surface area contributed by atoms with E-state index in [4.69, 9.17) is 10.5 Å². The second-order valence-corrected chi connectivity index (χ2v) is 7.53. The van der Waals surface area contributed by atoms with Crippen LogP contribution in [0.4, 0.5) is 0 Å². The van der Waals surface area contributed by atoms with Crippen molar-refractivity contribution in [2.24, 2.45) is 5.73 Å². The number of primary amides is 1. The Labute approximate surface area is 170 Å². The van der Waals surface area contributed by atoms with Gasteiger partial charge in [-0.2, -0.15) is 0 Å². The van der Waals surface area contributed by atoms with E-state index in [1.807, 2.05) is 31.3 Å². The second-order valence-electron chi connectivity index (χ2n) is 7.53. The largest absolute Gasteiger partial charge is 0.494 e. The van der Waals surface area contributed by atoms with Crippen molar-refractivity contribution >= 4 is 16.8 Å². The maximum absolute atomic E-state index is 11.2. The van der Waals surface area contributed by atoms with Gasteiger partial charge in [0.05, 0.1) is 19.0 Å². The number of nitrogens with one attached hydrogen (secondary N) is 1. The van der Waals surface area contributed by atoms with Crippen LogP contribution >= 0.6 is 0 Å². The van der Waals surface area contributed by atoms with Crippen LogP contribution in [0.1, 0.15) is 74.1 Å². The third-order valence-electron chi connectivity index (χ3n) is 5.24. The summed E-state index contributed by atoms with van der Waals surface area (Å²) in [7, 11) is 0. The predicted molar refractivity (Wildman–Crippen MR) is 113 cm³/mol. The summed E-state index contributed by atoms with van der Waals surface area (Å²) >= 11 is 0. The number of unbranched alkanes of at least 4 members (excludes halogenated alkanes) is 3. The van der Waals surface area contributed by atoms with Crippen LogP contribution in [0.3, 0.4) is 0 Å². The Bertz CT molecular complexity index is 947. The minimum Gasteiger partial charge on any atom is -0.494 e. The number of carbonyl (C=O) groups is 1. The molecule has 4 N–H and O–H groups in total. The first-order chi connectivity index (χ1) is 14.0. The van der Waals surface area contributed by atoms with Gasteiger partial charge in [0.25, 0.3) is 5.91 Å². The number of carbonyl (C=O) groups excluding carboxylic acids is 1. The van der Waals surface area contributed by atoms with Crippen LogP contribution in [0.25, 0.3) is 10.9 Å². The first-order valence-corrected chi connectivity index (χ1v) is 10.2. The average molecular weight is 399 g/mol. The molecule has 2 atom stereocenters. The van der Waals surface area contributed by atoms with Gasteiger partial charge in [-0.3, -0.25) is 4.79 Å². The zero-order valence-corrected chi connectivity index (χ0v) is 17.1. The highest BCUT2D eigenvalue weighted by molar-refractivity contribution is 5.90. The number of aromatic amines is 1. The number of hydrogen-bond acceptors (Lipinski definition) is 4. The smallest absolute Gasteiger partial charge is 0.268 e. The van der Waals surface area contributed by atoms with Crippen molar-refractivity contribution in [1.29, 1.82) is 0 Å². The van der Waals surface area contributed by atoms with E-state index >= 15 is 0 Å². The van der Waals surface area contributed by atoms with Crippen LogP contribution in [0.5, 0.6) is 5.75 Å². The maximum atomic E-state index is 11.2. The predicted octanol–water partition coefficient (Wildman–Crippen LogP) is 4.11. The zero-order chi connectivity index (χ0) is 20.8. The fourth-order valence-corrected chi connectivity index (χ4v) is 3.49. The molecule has 0 saturated carbocycles. The van der Waals surface area contributed by atoms with Crippen LogP contribution in [0.15, 0.2) is 36.9 Å². The van der Waals surface area contributed by atoms with Gasteiger partial charge in [-0.05, 0) is 31.9 Å². The summed E-state index contributed by atoms with van der Waals surface area (Å²) < 4.78 is 7.64. The van der Waals surface area contributed by atoms with Crippen molar-refractivity contribution in [2.45, 2.75) is 58.1 Å². The van der Waals surface area contributed by atoms with E-state index in [1.54, 1.807) is 17.1 Å². The molecule has 1 amide bonds. The highest BCUT2D eigenvalue weighted by atomic mass is 16.5. The van der Waals surface area contributed by atoms with Crippen LogP contribution in [0.2, 0.25) is 0 Å². The first-order valence-electron chi connectivity index (χ1n) is 10.2. The van der Waals surface area contributed by atoms with Crippen molar-refractivity contribution in [1.82, 2.24) is 14.5 Å². The molecule has 2 heterocycles.